The summed E-state index contributed by atoms with van der Waals surface area (Å²) < 4.78 is 17.7. The standard InChI is InChI=1S/C36H37N3O7/c40-34(38-33-4-2-1-3-32(33)35(41)42)21-24-5-11-28(12-6-24)45-30-13-7-26-23-31(14-8-25(26)22-30)46-29-15-9-27(10-16-29)37-36(43)39-17-19-44-20-18-39/h1-8,11-14,22-23,27,29H,9-10,15-21H2,(H,37,43)(H,38,40)(H,41,42). The van der Waals surface area contributed by atoms with Gasteiger partial charge in [0.1, 0.15) is 17.2 Å². The van der Waals surface area contributed by atoms with Crippen LogP contribution < -0.4 is 20.1 Å². The van der Waals surface area contributed by atoms with Gasteiger partial charge in [-0.15, -0.1) is 0 Å². The summed E-state index contributed by atoms with van der Waals surface area (Å²) in [5.41, 5.74) is 1.09. The van der Waals surface area contributed by atoms with Crippen LogP contribution in [0.1, 0.15) is 41.6 Å². The van der Waals surface area contributed by atoms with Crippen molar-refractivity contribution in [3.63, 3.8) is 0 Å². The van der Waals surface area contributed by atoms with E-state index in [1.165, 1.54) is 6.07 Å². The number of amides is 3. The third kappa shape index (κ3) is 7.94. The van der Waals surface area contributed by atoms with Crippen molar-refractivity contribution in [1.29, 1.82) is 0 Å². The molecule has 0 bridgehead atoms. The fourth-order valence-corrected chi connectivity index (χ4v) is 5.86. The number of aromatic carboxylic acids is 1. The van der Waals surface area contributed by atoms with Crippen LogP contribution in [0.3, 0.4) is 0 Å². The van der Waals surface area contributed by atoms with Gasteiger partial charge in [0.2, 0.25) is 5.91 Å². The van der Waals surface area contributed by atoms with Crippen LogP contribution >= 0.6 is 0 Å². The molecule has 46 heavy (non-hydrogen) atoms. The SMILES string of the molecule is O=C(Cc1ccc(Oc2ccc3cc(OC4CCC(NC(=O)N5CCOCC5)CC4)ccc3c2)cc1)Nc1ccccc1C(=O)O. The molecule has 0 aromatic heterocycles. The van der Waals surface area contributed by atoms with Gasteiger partial charge < -0.3 is 34.9 Å². The molecule has 1 aliphatic carbocycles. The molecule has 238 valence electrons. The van der Waals surface area contributed by atoms with E-state index in [2.05, 4.69) is 10.6 Å². The molecule has 1 saturated carbocycles. The van der Waals surface area contributed by atoms with E-state index in [1.54, 1.807) is 30.3 Å². The fourth-order valence-electron chi connectivity index (χ4n) is 5.86. The summed E-state index contributed by atoms with van der Waals surface area (Å²) in [5, 5.41) is 17.2. The molecule has 4 aromatic rings. The maximum Gasteiger partial charge on any atom is 0.337 e. The molecule has 0 radical (unpaired) electrons. The van der Waals surface area contributed by atoms with Crippen molar-refractivity contribution >= 4 is 34.4 Å². The van der Waals surface area contributed by atoms with Crippen LogP contribution in [0.2, 0.25) is 0 Å². The van der Waals surface area contributed by atoms with Gasteiger partial charge in [-0.3, -0.25) is 4.79 Å². The first kappa shape index (κ1) is 30.9. The van der Waals surface area contributed by atoms with Crippen molar-refractivity contribution in [2.24, 2.45) is 0 Å². The molecule has 0 atom stereocenters. The molecule has 0 unspecified atom stereocenters. The third-order valence-corrected chi connectivity index (χ3v) is 8.34. The van der Waals surface area contributed by atoms with E-state index in [4.69, 9.17) is 14.2 Å². The molecule has 10 nitrogen and oxygen atoms in total. The lowest BCUT2D eigenvalue weighted by atomic mass is 9.93. The minimum atomic E-state index is -1.10. The van der Waals surface area contributed by atoms with Gasteiger partial charge in [0, 0.05) is 19.1 Å². The second kappa shape index (κ2) is 14.3. The summed E-state index contributed by atoms with van der Waals surface area (Å²) in [6.07, 6.45) is 3.78. The van der Waals surface area contributed by atoms with E-state index < -0.39 is 5.97 Å². The van der Waals surface area contributed by atoms with Crippen LogP contribution in [0.25, 0.3) is 10.8 Å². The van der Waals surface area contributed by atoms with Crippen LogP contribution in [0, 0.1) is 0 Å². The van der Waals surface area contributed by atoms with E-state index in [1.807, 2.05) is 53.4 Å². The number of carboxylic acids is 1. The summed E-state index contributed by atoms with van der Waals surface area (Å²) in [6.45, 7) is 2.48. The molecule has 1 aliphatic heterocycles. The molecular weight excluding hydrogens is 586 g/mol. The van der Waals surface area contributed by atoms with E-state index in [9.17, 15) is 19.5 Å². The predicted molar refractivity (Wildman–Crippen MR) is 174 cm³/mol. The Hall–Kier alpha value is -5.09. The van der Waals surface area contributed by atoms with E-state index >= 15 is 0 Å². The Morgan fingerprint density at radius 2 is 1.46 bits per heavy atom. The number of benzene rings is 4. The molecule has 1 saturated heterocycles. The molecular formula is C36H37N3O7. The first-order valence-electron chi connectivity index (χ1n) is 15.6. The number of hydrogen-bond donors (Lipinski definition) is 3. The number of ether oxygens (including phenoxy) is 3. The normalized spacial score (nSPS) is 18.0. The predicted octanol–water partition coefficient (Wildman–Crippen LogP) is 6.24. The van der Waals surface area contributed by atoms with Gasteiger partial charge in [0.15, 0.2) is 0 Å². The van der Waals surface area contributed by atoms with Crippen molar-refractivity contribution in [3.8, 4) is 17.2 Å². The summed E-state index contributed by atoms with van der Waals surface area (Å²) in [6, 6.07) is 25.7. The lowest BCUT2D eigenvalue weighted by molar-refractivity contribution is -0.115. The molecule has 4 aromatic carbocycles. The Morgan fingerprint density at radius 3 is 2.17 bits per heavy atom. The van der Waals surface area contributed by atoms with Crippen molar-refractivity contribution in [2.45, 2.75) is 44.2 Å². The van der Waals surface area contributed by atoms with Crippen LogP contribution in [0.15, 0.2) is 84.9 Å². The molecule has 1 heterocycles. The van der Waals surface area contributed by atoms with Gasteiger partial charge in [-0.1, -0.05) is 36.4 Å². The topological polar surface area (TPSA) is 126 Å². The first-order chi connectivity index (χ1) is 22.4. The number of hydrogen-bond acceptors (Lipinski definition) is 6. The van der Waals surface area contributed by atoms with Crippen LogP contribution in [-0.4, -0.2) is 66.4 Å². The fraction of sp³-hybridized carbons (Fsp3) is 0.306. The number of carbonyl (C=O) groups excluding carboxylic acids is 2. The minimum Gasteiger partial charge on any atom is -0.490 e. The Labute approximate surface area is 267 Å². The summed E-state index contributed by atoms with van der Waals surface area (Å²) in [4.78, 5) is 38.3. The molecule has 2 fully saturated rings. The number of carboxylic acid groups (broad SMARTS) is 1. The highest BCUT2D eigenvalue weighted by atomic mass is 16.5. The smallest absolute Gasteiger partial charge is 0.337 e. The zero-order valence-electron chi connectivity index (χ0n) is 25.4. The van der Waals surface area contributed by atoms with E-state index in [-0.39, 0.29) is 41.8 Å². The second-order valence-electron chi connectivity index (χ2n) is 11.6. The Morgan fingerprint density at radius 1 is 0.804 bits per heavy atom. The van der Waals surface area contributed by atoms with Crippen LogP contribution in [0.4, 0.5) is 10.5 Å². The van der Waals surface area contributed by atoms with E-state index in [0.29, 0.717) is 37.8 Å². The molecule has 6 rings (SSSR count). The number of nitrogens with zero attached hydrogens (tertiary/aromatic N) is 1. The number of fused-ring (bicyclic) bond motifs is 1. The Kier molecular flexibility index (Phi) is 9.64. The summed E-state index contributed by atoms with van der Waals surface area (Å²) in [7, 11) is 0. The highest BCUT2D eigenvalue weighted by Crippen LogP contribution is 2.30. The summed E-state index contributed by atoms with van der Waals surface area (Å²) in [5.74, 6) is 0.751. The van der Waals surface area contributed by atoms with Gasteiger partial charge in [-0.05, 0) is 90.6 Å². The summed E-state index contributed by atoms with van der Waals surface area (Å²) >= 11 is 0. The quantitative estimate of drug-likeness (QED) is 0.201. The number of nitrogens with one attached hydrogen (secondary N) is 2. The second-order valence-corrected chi connectivity index (χ2v) is 11.6. The molecule has 3 amide bonds. The lowest BCUT2D eigenvalue weighted by Gasteiger charge is -2.33. The van der Waals surface area contributed by atoms with Crippen molar-refractivity contribution in [1.82, 2.24) is 10.2 Å². The highest BCUT2D eigenvalue weighted by Gasteiger charge is 2.26. The molecule has 3 N–H and O–H groups in total. The zero-order valence-corrected chi connectivity index (χ0v) is 25.4. The average molecular weight is 624 g/mol. The molecule has 2 aliphatic rings. The maximum absolute atomic E-state index is 12.5. The molecule has 0 spiro atoms. The monoisotopic (exact) mass is 623 g/mol. The van der Waals surface area contributed by atoms with Crippen LogP contribution in [0.5, 0.6) is 17.2 Å². The van der Waals surface area contributed by atoms with Gasteiger partial charge in [0.25, 0.3) is 0 Å². The minimum absolute atomic E-state index is 0.00473. The number of anilines is 1. The van der Waals surface area contributed by atoms with Gasteiger partial charge >= 0.3 is 12.0 Å². The van der Waals surface area contributed by atoms with Crippen LogP contribution in [-0.2, 0) is 16.0 Å². The zero-order chi connectivity index (χ0) is 31.9. The average Bonchev–Trinajstić information content (AvgIpc) is 3.07. The van der Waals surface area contributed by atoms with Crippen molar-refractivity contribution in [2.75, 3.05) is 31.6 Å². The Bertz CT molecular complexity index is 1690. The first-order valence-corrected chi connectivity index (χ1v) is 15.6. The lowest BCUT2D eigenvalue weighted by Crippen LogP contribution is -2.50. The number of carbonyl (C=O) groups is 3. The largest absolute Gasteiger partial charge is 0.490 e. The maximum atomic E-state index is 12.5. The van der Waals surface area contributed by atoms with Gasteiger partial charge in [0.05, 0.1) is 37.0 Å². The van der Waals surface area contributed by atoms with E-state index in [0.717, 1.165) is 47.8 Å². The molecule has 10 heteroatoms. The number of para-hydroxylation sites is 1. The van der Waals surface area contributed by atoms with Crippen molar-refractivity contribution < 1.29 is 33.7 Å². The number of morpholine rings is 1. The van der Waals surface area contributed by atoms with Gasteiger partial charge in [-0.25, -0.2) is 9.59 Å². The van der Waals surface area contributed by atoms with Gasteiger partial charge in [-0.2, -0.15) is 0 Å². The van der Waals surface area contributed by atoms with Crippen molar-refractivity contribution in [3.05, 3.63) is 96.1 Å². The Balaban J connectivity index is 0.984. The number of urea groups is 1. The third-order valence-electron chi connectivity index (χ3n) is 8.34. The number of rotatable bonds is 9. The highest BCUT2D eigenvalue weighted by molar-refractivity contribution is 6.01.